The number of rotatable bonds is 5. The van der Waals surface area contributed by atoms with E-state index in [1.54, 1.807) is 11.8 Å². The van der Waals surface area contributed by atoms with Crippen LogP contribution in [0.15, 0.2) is 59.0 Å². The van der Waals surface area contributed by atoms with Gasteiger partial charge in [0, 0.05) is 42.5 Å². The van der Waals surface area contributed by atoms with Gasteiger partial charge in [-0.25, -0.2) is 9.78 Å². The van der Waals surface area contributed by atoms with Crippen LogP contribution in [0.2, 0.25) is 5.02 Å². The second kappa shape index (κ2) is 9.22. The minimum absolute atomic E-state index is 0.0810. The third-order valence-corrected chi connectivity index (χ3v) is 5.38. The highest BCUT2D eigenvalue weighted by Crippen LogP contribution is 2.22. The molecule has 3 aromatic rings. The van der Waals surface area contributed by atoms with Crippen LogP contribution >= 0.6 is 11.6 Å². The van der Waals surface area contributed by atoms with E-state index in [9.17, 15) is 9.59 Å². The van der Waals surface area contributed by atoms with Crippen molar-refractivity contribution in [2.75, 3.05) is 37.7 Å². The number of hydrogen-bond donors (Lipinski definition) is 0. The number of halogens is 1. The van der Waals surface area contributed by atoms with Crippen molar-refractivity contribution in [3.8, 4) is 11.5 Å². The molecular weight excluding hydrogens is 418 g/mol. The van der Waals surface area contributed by atoms with E-state index in [2.05, 4.69) is 9.88 Å². The lowest BCUT2D eigenvalue weighted by molar-refractivity contribution is -0.134. The molecular formula is C23H22ClN3O4. The number of ether oxygens (including phenoxy) is 1. The van der Waals surface area contributed by atoms with Crippen molar-refractivity contribution in [2.24, 2.45) is 0 Å². The Bertz CT molecular complexity index is 1080. The Morgan fingerprint density at radius 2 is 1.81 bits per heavy atom. The van der Waals surface area contributed by atoms with Crippen molar-refractivity contribution in [3.05, 3.63) is 71.1 Å². The third kappa shape index (κ3) is 4.88. The zero-order chi connectivity index (χ0) is 21.8. The molecule has 1 aliphatic rings. The molecule has 2 aromatic carbocycles. The maximum absolute atomic E-state index is 12.5. The van der Waals surface area contributed by atoms with Crippen molar-refractivity contribution < 1.29 is 18.7 Å². The number of hydrogen-bond acceptors (Lipinski definition) is 6. The van der Waals surface area contributed by atoms with Crippen molar-refractivity contribution in [2.45, 2.75) is 6.92 Å². The first kappa shape index (κ1) is 20.9. The first-order valence-corrected chi connectivity index (χ1v) is 10.4. The molecule has 1 aliphatic heterocycles. The van der Waals surface area contributed by atoms with E-state index in [-0.39, 0.29) is 18.2 Å². The highest BCUT2D eigenvalue weighted by molar-refractivity contribution is 6.30. The van der Waals surface area contributed by atoms with Gasteiger partial charge in [-0.3, -0.25) is 4.79 Å². The fourth-order valence-electron chi connectivity index (χ4n) is 3.46. The highest BCUT2D eigenvalue weighted by atomic mass is 35.5. The van der Waals surface area contributed by atoms with Crippen molar-refractivity contribution in [1.82, 2.24) is 9.88 Å². The molecule has 4 rings (SSSR count). The number of amides is 1. The van der Waals surface area contributed by atoms with Gasteiger partial charge in [-0.15, -0.1) is 0 Å². The normalized spacial score (nSPS) is 13.9. The Morgan fingerprint density at radius 1 is 1.06 bits per heavy atom. The van der Waals surface area contributed by atoms with Crippen LogP contribution in [0.1, 0.15) is 16.2 Å². The van der Waals surface area contributed by atoms with Gasteiger partial charge in [0.05, 0.1) is 0 Å². The summed E-state index contributed by atoms with van der Waals surface area (Å²) in [6.45, 7) is 3.77. The van der Waals surface area contributed by atoms with E-state index < -0.39 is 5.97 Å². The van der Waals surface area contributed by atoms with Crippen LogP contribution in [-0.4, -0.2) is 54.5 Å². The van der Waals surface area contributed by atoms with Crippen LogP contribution in [0.5, 0.6) is 0 Å². The summed E-state index contributed by atoms with van der Waals surface area (Å²) in [5.41, 5.74) is 1.87. The summed E-state index contributed by atoms with van der Waals surface area (Å²) in [5.74, 6) is -0.210. The van der Waals surface area contributed by atoms with Crippen LogP contribution in [0.25, 0.3) is 11.5 Å². The van der Waals surface area contributed by atoms with Crippen LogP contribution in [0, 0.1) is 6.92 Å². The van der Waals surface area contributed by atoms with Gasteiger partial charge in [-0.1, -0.05) is 35.9 Å². The van der Waals surface area contributed by atoms with E-state index in [0.29, 0.717) is 42.9 Å². The van der Waals surface area contributed by atoms with E-state index in [1.807, 2.05) is 54.6 Å². The number of carbonyl (C=O) groups excluding carboxylic acids is 2. The number of aromatic nitrogens is 1. The number of oxazole rings is 1. The lowest BCUT2D eigenvalue weighted by Crippen LogP contribution is -2.49. The Morgan fingerprint density at radius 3 is 2.52 bits per heavy atom. The fourth-order valence-corrected chi connectivity index (χ4v) is 3.65. The van der Waals surface area contributed by atoms with Crippen molar-refractivity contribution >= 4 is 29.2 Å². The van der Waals surface area contributed by atoms with Gasteiger partial charge in [0.1, 0.15) is 5.76 Å². The summed E-state index contributed by atoms with van der Waals surface area (Å²) in [7, 11) is 0. The van der Waals surface area contributed by atoms with Crippen LogP contribution in [0.3, 0.4) is 0 Å². The Labute approximate surface area is 185 Å². The first-order chi connectivity index (χ1) is 15.0. The van der Waals surface area contributed by atoms with E-state index in [1.165, 1.54) is 0 Å². The SMILES string of the molecule is Cc1oc(-c2ccccc2)nc1C(=O)OCC(=O)N1CCN(c2cccc(Cl)c2)CC1. The minimum Gasteiger partial charge on any atom is -0.451 e. The van der Waals surface area contributed by atoms with Gasteiger partial charge in [0.15, 0.2) is 12.3 Å². The minimum atomic E-state index is -0.672. The number of esters is 1. The molecule has 0 N–H and O–H groups in total. The van der Waals surface area contributed by atoms with Crippen LogP contribution in [0.4, 0.5) is 5.69 Å². The molecule has 160 valence electrons. The predicted octanol–water partition coefficient (Wildman–Crippen LogP) is 3.81. The highest BCUT2D eigenvalue weighted by Gasteiger charge is 2.24. The summed E-state index contributed by atoms with van der Waals surface area (Å²) in [4.78, 5) is 33.0. The summed E-state index contributed by atoms with van der Waals surface area (Å²) in [5, 5.41) is 0.682. The molecule has 7 nitrogen and oxygen atoms in total. The number of nitrogens with zero attached hydrogens (tertiary/aromatic N) is 3. The average molecular weight is 440 g/mol. The summed E-state index contributed by atoms with van der Waals surface area (Å²) >= 11 is 6.06. The van der Waals surface area contributed by atoms with Crippen molar-refractivity contribution in [3.63, 3.8) is 0 Å². The van der Waals surface area contributed by atoms with Crippen LogP contribution in [-0.2, 0) is 9.53 Å². The average Bonchev–Trinajstić information content (AvgIpc) is 3.19. The molecule has 1 aromatic heterocycles. The van der Waals surface area contributed by atoms with E-state index in [4.69, 9.17) is 20.8 Å². The molecule has 0 unspecified atom stereocenters. The number of benzene rings is 2. The number of carbonyl (C=O) groups is 2. The first-order valence-electron chi connectivity index (χ1n) is 9.99. The molecule has 1 fully saturated rings. The second-order valence-electron chi connectivity index (χ2n) is 7.21. The topological polar surface area (TPSA) is 75.9 Å². The maximum Gasteiger partial charge on any atom is 0.361 e. The maximum atomic E-state index is 12.5. The number of anilines is 1. The van der Waals surface area contributed by atoms with Gasteiger partial charge < -0.3 is 19.0 Å². The molecule has 0 saturated carbocycles. The molecule has 0 spiro atoms. The summed E-state index contributed by atoms with van der Waals surface area (Å²) in [6, 6.07) is 16.9. The van der Waals surface area contributed by atoms with Gasteiger partial charge >= 0.3 is 5.97 Å². The molecule has 1 saturated heterocycles. The quantitative estimate of drug-likeness (QED) is 0.563. The predicted molar refractivity (Wildman–Crippen MR) is 117 cm³/mol. The molecule has 31 heavy (non-hydrogen) atoms. The van der Waals surface area contributed by atoms with Gasteiger partial charge in [0.2, 0.25) is 5.89 Å². The van der Waals surface area contributed by atoms with Crippen LogP contribution < -0.4 is 4.90 Å². The molecule has 1 amide bonds. The smallest absolute Gasteiger partial charge is 0.361 e. The standard InChI is InChI=1S/C23H22ClN3O4/c1-16-21(25-22(31-16)17-6-3-2-4-7-17)23(29)30-15-20(28)27-12-10-26(11-13-27)19-9-5-8-18(24)14-19/h2-9,14H,10-13,15H2,1H3. The molecule has 0 aliphatic carbocycles. The summed E-state index contributed by atoms with van der Waals surface area (Å²) in [6.07, 6.45) is 0. The third-order valence-electron chi connectivity index (χ3n) is 5.14. The number of aryl methyl sites for hydroxylation is 1. The Balaban J connectivity index is 1.30. The van der Waals surface area contributed by atoms with E-state index >= 15 is 0 Å². The number of piperazine rings is 1. The molecule has 2 heterocycles. The fraction of sp³-hybridized carbons (Fsp3) is 0.261. The van der Waals surface area contributed by atoms with E-state index in [0.717, 1.165) is 11.3 Å². The Hall–Kier alpha value is -3.32. The summed E-state index contributed by atoms with van der Waals surface area (Å²) < 4.78 is 10.8. The van der Waals surface area contributed by atoms with Gasteiger partial charge in [-0.05, 0) is 37.3 Å². The zero-order valence-electron chi connectivity index (χ0n) is 17.1. The lowest BCUT2D eigenvalue weighted by Gasteiger charge is -2.36. The largest absolute Gasteiger partial charge is 0.451 e. The van der Waals surface area contributed by atoms with Crippen molar-refractivity contribution in [1.29, 1.82) is 0 Å². The molecule has 0 atom stereocenters. The van der Waals surface area contributed by atoms with Gasteiger partial charge in [-0.2, -0.15) is 0 Å². The Kier molecular flexibility index (Phi) is 6.23. The molecule has 8 heteroatoms. The molecule has 0 bridgehead atoms. The zero-order valence-corrected chi connectivity index (χ0v) is 17.8. The van der Waals surface area contributed by atoms with Gasteiger partial charge in [0.25, 0.3) is 5.91 Å². The lowest BCUT2D eigenvalue weighted by atomic mass is 10.2. The second-order valence-corrected chi connectivity index (χ2v) is 7.65. The molecule has 0 radical (unpaired) electrons. The monoisotopic (exact) mass is 439 g/mol.